The van der Waals surface area contributed by atoms with Gasteiger partial charge in [-0.3, -0.25) is 9.88 Å². The number of carbonyl (C=O) groups is 3. The maximum Gasteiger partial charge on any atom is 0.328 e. The predicted octanol–water partition coefficient (Wildman–Crippen LogP) is 3.06. The lowest BCUT2D eigenvalue weighted by Gasteiger charge is -2.39. The highest BCUT2D eigenvalue weighted by molar-refractivity contribution is 5.97. The van der Waals surface area contributed by atoms with Crippen molar-refractivity contribution in [2.24, 2.45) is 5.92 Å². The first-order valence-electron chi connectivity index (χ1n) is 12.4. The smallest absolute Gasteiger partial charge is 0.328 e. The molecule has 2 amide bonds. The van der Waals surface area contributed by atoms with E-state index in [2.05, 4.69) is 47.2 Å². The van der Waals surface area contributed by atoms with Crippen molar-refractivity contribution in [1.82, 2.24) is 15.2 Å². The van der Waals surface area contributed by atoms with Crippen LogP contribution in [0.5, 0.6) is 0 Å². The first kappa shape index (κ1) is 27.7. The van der Waals surface area contributed by atoms with E-state index in [0.29, 0.717) is 30.7 Å². The number of carboxylic acids is 2. The van der Waals surface area contributed by atoms with Gasteiger partial charge in [-0.25, -0.2) is 14.4 Å². The Morgan fingerprint density at radius 1 is 1.00 bits per heavy atom. The lowest BCUT2D eigenvalue weighted by Crippen LogP contribution is -2.49. The van der Waals surface area contributed by atoms with Crippen LogP contribution in [-0.2, 0) is 16.1 Å². The number of benzene rings is 1. The minimum Gasteiger partial charge on any atom is -0.478 e. The third-order valence-electron chi connectivity index (χ3n) is 6.06. The number of anilines is 2. The molecule has 37 heavy (non-hydrogen) atoms. The molecule has 1 aromatic carbocycles. The number of nitrogens with zero attached hydrogens (tertiary/aromatic N) is 4. The van der Waals surface area contributed by atoms with E-state index in [1.54, 1.807) is 0 Å². The fourth-order valence-electron chi connectivity index (χ4n) is 4.29. The Labute approximate surface area is 217 Å². The van der Waals surface area contributed by atoms with E-state index in [-0.39, 0.29) is 6.03 Å². The molecule has 1 aromatic heterocycles. The summed E-state index contributed by atoms with van der Waals surface area (Å²) in [5.74, 6) is -1.89. The summed E-state index contributed by atoms with van der Waals surface area (Å²) in [5.41, 5.74) is 3.14. The number of urea groups is 1. The Kier molecular flexibility index (Phi) is 10.0. The number of likely N-dealkylation sites (tertiary alicyclic amines) is 1. The largest absolute Gasteiger partial charge is 0.478 e. The van der Waals surface area contributed by atoms with Gasteiger partial charge in [-0.05, 0) is 43.1 Å². The molecule has 2 aromatic rings. The second kappa shape index (κ2) is 13.4. The van der Waals surface area contributed by atoms with Crippen molar-refractivity contribution < 1.29 is 24.6 Å². The zero-order chi connectivity index (χ0) is 26.8. The van der Waals surface area contributed by atoms with E-state index in [0.717, 1.165) is 56.2 Å². The van der Waals surface area contributed by atoms with Crippen LogP contribution >= 0.6 is 0 Å². The molecule has 1 unspecified atom stereocenters. The molecule has 0 saturated carbocycles. The maximum absolute atomic E-state index is 13.3. The Morgan fingerprint density at radius 2 is 1.68 bits per heavy atom. The number of carboxylic acid groups (broad SMARTS) is 2. The monoisotopic (exact) mass is 509 g/mol. The molecule has 0 spiro atoms. The summed E-state index contributed by atoms with van der Waals surface area (Å²) in [6, 6.07) is 14.8. The number of para-hydroxylation sites is 2. The molecule has 10 heteroatoms. The Balaban J connectivity index is 0.000000414. The normalized spacial score (nSPS) is 16.9. The quantitative estimate of drug-likeness (QED) is 0.486. The maximum atomic E-state index is 13.3. The van der Waals surface area contributed by atoms with Gasteiger partial charge >= 0.3 is 18.0 Å². The molecule has 1 fully saturated rings. The Morgan fingerprint density at radius 3 is 2.30 bits per heavy atom. The summed E-state index contributed by atoms with van der Waals surface area (Å²) in [5, 5.41) is 19.2. The van der Waals surface area contributed by atoms with E-state index in [4.69, 9.17) is 10.2 Å². The molecule has 0 aliphatic carbocycles. The summed E-state index contributed by atoms with van der Waals surface area (Å²) in [6.45, 7) is 9.31. The number of pyridine rings is 1. The number of carbonyl (C=O) groups excluding carboxylic acids is 1. The summed E-state index contributed by atoms with van der Waals surface area (Å²) in [4.78, 5) is 43.2. The molecule has 3 heterocycles. The number of nitrogens with one attached hydrogen (secondary N) is 1. The fraction of sp³-hybridized carbons (Fsp3) is 0.407. The molecule has 2 aliphatic heterocycles. The standard InChI is InChI=1S/C23H31N5O.C4H4O4/c1-18(2)15-25-20-10-12-27(17-20)23(29)28-14-13-26(16-19-7-5-6-11-24-19)21-8-3-4-9-22(21)28;5-3(6)1-2-4(7)8/h3-9,11,18,20,25H,10,12-17H2,1-2H3;1-2H,(H,5,6)(H,7,8)/b;2-1-. The second-order valence-electron chi connectivity index (χ2n) is 9.41. The Hall–Kier alpha value is -3.92. The zero-order valence-electron chi connectivity index (χ0n) is 21.3. The van der Waals surface area contributed by atoms with Crippen LogP contribution in [0, 0.1) is 5.92 Å². The molecule has 3 N–H and O–H groups in total. The van der Waals surface area contributed by atoms with Crippen LogP contribution in [-0.4, -0.2) is 76.8 Å². The summed E-state index contributed by atoms with van der Waals surface area (Å²) >= 11 is 0. The van der Waals surface area contributed by atoms with Crippen LogP contribution in [0.25, 0.3) is 0 Å². The van der Waals surface area contributed by atoms with Crippen LogP contribution in [0.15, 0.2) is 60.8 Å². The highest BCUT2D eigenvalue weighted by Gasteiger charge is 2.33. The van der Waals surface area contributed by atoms with Crippen molar-refractivity contribution in [2.75, 3.05) is 42.5 Å². The fourth-order valence-corrected chi connectivity index (χ4v) is 4.29. The molecule has 0 radical (unpaired) electrons. The van der Waals surface area contributed by atoms with Gasteiger partial charge < -0.3 is 25.3 Å². The SMILES string of the molecule is CC(C)CNC1CCN(C(=O)N2CCN(Cc3ccccn3)c3ccccc32)C1.O=C(O)/C=C\C(=O)O. The molecule has 1 saturated heterocycles. The lowest BCUT2D eigenvalue weighted by atomic mass is 10.1. The third-order valence-corrected chi connectivity index (χ3v) is 6.06. The second-order valence-corrected chi connectivity index (χ2v) is 9.41. The van der Waals surface area contributed by atoms with Gasteiger partial charge in [0.1, 0.15) is 0 Å². The number of aromatic nitrogens is 1. The average Bonchev–Trinajstić information content (AvgIpc) is 3.36. The molecule has 10 nitrogen and oxygen atoms in total. The van der Waals surface area contributed by atoms with Crippen molar-refractivity contribution >= 4 is 29.3 Å². The van der Waals surface area contributed by atoms with E-state index in [1.165, 1.54) is 0 Å². The highest BCUT2D eigenvalue weighted by atomic mass is 16.4. The number of hydrogen-bond acceptors (Lipinski definition) is 6. The number of aliphatic carboxylic acids is 2. The number of amides is 2. The number of hydrogen-bond donors (Lipinski definition) is 3. The van der Waals surface area contributed by atoms with E-state index >= 15 is 0 Å². The van der Waals surface area contributed by atoms with Crippen LogP contribution in [0.3, 0.4) is 0 Å². The van der Waals surface area contributed by atoms with Gasteiger partial charge in [-0.15, -0.1) is 0 Å². The van der Waals surface area contributed by atoms with Gasteiger partial charge in [0.05, 0.1) is 23.6 Å². The topological polar surface area (TPSA) is 126 Å². The minimum absolute atomic E-state index is 0.129. The minimum atomic E-state index is -1.26. The van der Waals surface area contributed by atoms with Gasteiger partial charge in [0.15, 0.2) is 0 Å². The highest BCUT2D eigenvalue weighted by Crippen LogP contribution is 2.34. The van der Waals surface area contributed by atoms with Crippen molar-refractivity contribution in [2.45, 2.75) is 32.9 Å². The van der Waals surface area contributed by atoms with E-state index in [1.807, 2.05) is 40.3 Å². The Bertz CT molecular complexity index is 1080. The van der Waals surface area contributed by atoms with Gasteiger partial charge in [0, 0.05) is 50.6 Å². The predicted molar refractivity (Wildman–Crippen MR) is 142 cm³/mol. The molecular weight excluding hydrogens is 474 g/mol. The first-order valence-corrected chi connectivity index (χ1v) is 12.4. The van der Waals surface area contributed by atoms with Crippen molar-refractivity contribution in [3.63, 3.8) is 0 Å². The molecule has 0 bridgehead atoms. The number of fused-ring (bicyclic) bond motifs is 1. The lowest BCUT2D eigenvalue weighted by molar-refractivity contribution is -0.134. The van der Waals surface area contributed by atoms with Crippen molar-refractivity contribution in [1.29, 1.82) is 0 Å². The first-order chi connectivity index (χ1) is 17.7. The van der Waals surface area contributed by atoms with Crippen molar-refractivity contribution in [3.05, 3.63) is 66.5 Å². The molecule has 1 atom stereocenters. The summed E-state index contributed by atoms with van der Waals surface area (Å²) < 4.78 is 0. The van der Waals surface area contributed by atoms with Crippen LogP contribution in [0.2, 0.25) is 0 Å². The van der Waals surface area contributed by atoms with Gasteiger partial charge in [0.25, 0.3) is 0 Å². The molecular formula is C27H35N5O5. The van der Waals surface area contributed by atoms with Crippen LogP contribution < -0.4 is 15.1 Å². The van der Waals surface area contributed by atoms with Gasteiger partial charge in [-0.2, -0.15) is 0 Å². The van der Waals surface area contributed by atoms with Gasteiger partial charge in [-0.1, -0.05) is 32.0 Å². The number of rotatable bonds is 7. The molecule has 2 aliphatic rings. The summed E-state index contributed by atoms with van der Waals surface area (Å²) in [7, 11) is 0. The van der Waals surface area contributed by atoms with E-state index in [9.17, 15) is 14.4 Å². The molecule has 198 valence electrons. The van der Waals surface area contributed by atoms with Crippen LogP contribution in [0.4, 0.5) is 16.2 Å². The molecule has 4 rings (SSSR count). The zero-order valence-corrected chi connectivity index (χ0v) is 21.3. The van der Waals surface area contributed by atoms with Crippen molar-refractivity contribution in [3.8, 4) is 0 Å². The van der Waals surface area contributed by atoms with Gasteiger partial charge in [0.2, 0.25) is 0 Å². The average molecular weight is 510 g/mol. The van der Waals surface area contributed by atoms with E-state index < -0.39 is 11.9 Å². The third kappa shape index (κ3) is 8.32. The summed E-state index contributed by atoms with van der Waals surface area (Å²) in [6.07, 6.45) is 3.97. The van der Waals surface area contributed by atoms with Crippen LogP contribution in [0.1, 0.15) is 26.0 Å².